The lowest BCUT2D eigenvalue weighted by atomic mass is 10.0. The minimum atomic E-state index is 0.539. The number of aromatic nitrogens is 3. The maximum Gasteiger partial charge on any atom is 0.146 e. The summed E-state index contributed by atoms with van der Waals surface area (Å²) in [7, 11) is 1.97. The fraction of sp³-hybridized carbons (Fsp3) is 0.818. The van der Waals surface area contributed by atoms with Crippen LogP contribution in [0.1, 0.15) is 39.4 Å². The lowest BCUT2D eigenvalue weighted by Crippen LogP contribution is -2.28. The zero-order chi connectivity index (χ0) is 11.3. The Kier molecular flexibility index (Phi) is 4.75. The summed E-state index contributed by atoms with van der Waals surface area (Å²) in [4.78, 5) is 0. The summed E-state index contributed by atoms with van der Waals surface area (Å²) in [6.07, 6.45) is 4.20. The summed E-state index contributed by atoms with van der Waals surface area (Å²) in [5, 5.41) is 11.4. The first-order chi connectivity index (χ1) is 7.13. The third kappa shape index (κ3) is 4.00. The molecular formula is C11H22N4. The SMILES string of the molecule is CCC(C)CC(C)NCc1nncn1C. The molecule has 0 radical (unpaired) electrons. The van der Waals surface area contributed by atoms with Crippen molar-refractivity contribution in [3.63, 3.8) is 0 Å². The van der Waals surface area contributed by atoms with E-state index >= 15 is 0 Å². The summed E-state index contributed by atoms with van der Waals surface area (Å²) in [6, 6.07) is 0.539. The first-order valence-electron chi connectivity index (χ1n) is 5.69. The molecule has 2 atom stereocenters. The van der Waals surface area contributed by atoms with E-state index in [1.165, 1.54) is 12.8 Å². The van der Waals surface area contributed by atoms with Crippen molar-refractivity contribution in [3.8, 4) is 0 Å². The van der Waals surface area contributed by atoms with Crippen molar-refractivity contribution < 1.29 is 0 Å². The van der Waals surface area contributed by atoms with Crippen LogP contribution in [0.25, 0.3) is 0 Å². The second kappa shape index (κ2) is 5.85. The topological polar surface area (TPSA) is 42.7 Å². The van der Waals surface area contributed by atoms with E-state index in [2.05, 4.69) is 36.3 Å². The highest BCUT2D eigenvalue weighted by Crippen LogP contribution is 2.09. The van der Waals surface area contributed by atoms with Crippen LogP contribution in [0.15, 0.2) is 6.33 Å². The molecular weight excluding hydrogens is 188 g/mol. The largest absolute Gasteiger partial charge is 0.320 e. The molecule has 0 aliphatic heterocycles. The Morgan fingerprint density at radius 2 is 2.20 bits per heavy atom. The van der Waals surface area contributed by atoms with E-state index in [0.717, 1.165) is 18.3 Å². The van der Waals surface area contributed by atoms with Gasteiger partial charge in [-0.25, -0.2) is 0 Å². The normalized spacial score (nSPS) is 15.2. The lowest BCUT2D eigenvalue weighted by molar-refractivity contribution is 0.407. The molecule has 0 fully saturated rings. The molecule has 1 rings (SSSR count). The molecule has 1 N–H and O–H groups in total. The molecule has 1 heterocycles. The highest BCUT2D eigenvalue weighted by Gasteiger charge is 2.08. The van der Waals surface area contributed by atoms with Gasteiger partial charge in [0.25, 0.3) is 0 Å². The molecule has 86 valence electrons. The van der Waals surface area contributed by atoms with E-state index in [1.807, 2.05) is 11.6 Å². The summed E-state index contributed by atoms with van der Waals surface area (Å²) in [5.74, 6) is 1.78. The van der Waals surface area contributed by atoms with Gasteiger partial charge in [0.05, 0.1) is 6.54 Å². The average Bonchev–Trinajstić information content (AvgIpc) is 2.61. The minimum absolute atomic E-state index is 0.539. The van der Waals surface area contributed by atoms with Gasteiger partial charge in [0.1, 0.15) is 12.2 Å². The van der Waals surface area contributed by atoms with Crippen molar-refractivity contribution in [2.24, 2.45) is 13.0 Å². The Hall–Kier alpha value is -0.900. The van der Waals surface area contributed by atoms with Gasteiger partial charge in [-0.05, 0) is 19.3 Å². The molecule has 4 nitrogen and oxygen atoms in total. The van der Waals surface area contributed by atoms with Gasteiger partial charge in [0.2, 0.25) is 0 Å². The predicted molar refractivity (Wildman–Crippen MR) is 61.4 cm³/mol. The maximum atomic E-state index is 4.04. The first kappa shape index (κ1) is 12.2. The number of nitrogens with zero attached hydrogens (tertiary/aromatic N) is 3. The van der Waals surface area contributed by atoms with Gasteiger partial charge in [-0.15, -0.1) is 10.2 Å². The van der Waals surface area contributed by atoms with E-state index in [0.29, 0.717) is 6.04 Å². The molecule has 1 aromatic rings. The van der Waals surface area contributed by atoms with Crippen molar-refractivity contribution in [1.29, 1.82) is 0 Å². The first-order valence-corrected chi connectivity index (χ1v) is 5.69. The summed E-state index contributed by atoms with van der Waals surface area (Å²) < 4.78 is 1.95. The second-order valence-electron chi connectivity index (χ2n) is 4.39. The Bertz CT molecular complexity index is 282. The summed E-state index contributed by atoms with van der Waals surface area (Å²) in [5.41, 5.74) is 0. The van der Waals surface area contributed by atoms with Crippen molar-refractivity contribution >= 4 is 0 Å². The molecule has 2 unspecified atom stereocenters. The minimum Gasteiger partial charge on any atom is -0.320 e. The predicted octanol–water partition coefficient (Wildman–Crippen LogP) is 1.73. The highest BCUT2D eigenvalue weighted by atomic mass is 15.3. The van der Waals surface area contributed by atoms with Crippen LogP contribution >= 0.6 is 0 Å². The summed E-state index contributed by atoms with van der Waals surface area (Å²) in [6.45, 7) is 7.55. The molecule has 1 aromatic heterocycles. The molecule has 0 saturated carbocycles. The lowest BCUT2D eigenvalue weighted by Gasteiger charge is -2.17. The molecule has 0 aliphatic rings. The van der Waals surface area contributed by atoms with Gasteiger partial charge in [-0.1, -0.05) is 20.3 Å². The van der Waals surface area contributed by atoms with Crippen molar-refractivity contribution in [2.45, 2.75) is 46.2 Å². The van der Waals surface area contributed by atoms with Gasteiger partial charge in [-0.2, -0.15) is 0 Å². The second-order valence-corrected chi connectivity index (χ2v) is 4.39. The maximum absolute atomic E-state index is 4.04. The van der Waals surface area contributed by atoms with Crippen LogP contribution in [0, 0.1) is 5.92 Å². The van der Waals surface area contributed by atoms with Crippen LogP contribution in [0.3, 0.4) is 0 Å². The smallest absolute Gasteiger partial charge is 0.146 e. The van der Waals surface area contributed by atoms with E-state index in [9.17, 15) is 0 Å². The summed E-state index contributed by atoms with van der Waals surface area (Å²) >= 11 is 0. The Morgan fingerprint density at radius 1 is 1.47 bits per heavy atom. The molecule has 0 bridgehead atoms. The van der Waals surface area contributed by atoms with Gasteiger partial charge in [0.15, 0.2) is 0 Å². The van der Waals surface area contributed by atoms with Gasteiger partial charge >= 0.3 is 0 Å². The molecule has 15 heavy (non-hydrogen) atoms. The Morgan fingerprint density at radius 3 is 2.73 bits per heavy atom. The van der Waals surface area contributed by atoms with Crippen molar-refractivity contribution in [2.75, 3.05) is 0 Å². The van der Waals surface area contributed by atoms with Crippen LogP contribution in [0.2, 0.25) is 0 Å². The van der Waals surface area contributed by atoms with Crippen molar-refractivity contribution in [1.82, 2.24) is 20.1 Å². The van der Waals surface area contributed by atoms with E-state index in [-0.39, 0.29) is 0 Å². The monoisotopic (exact) mass is 210 g/mol. The number of hydrogen-bond donors (Lipinski definition) is 1. The fourth-order valence-electron chi connectivity index (χ4n) is 1.59. The Labute approximate surface area is 92.1 Å². The zero-order valence-corrected chi connectivity index (χ0v) is 10.2. The molecule has 0 aliphatic carbocycles. The number of nitrogens with one attached hydrogen (secondary N) is 1. The highest BCUT2D eigenvalue weighted by molar-refractivity contribution is 4.84. The average molecular weight is 210 g/mol. The molecule has 4 heteroatoms. The van der Waals surface area contributed by atoms with Gasteiger partial charge < -0.3 is 9.88 Å². The van der Waals surface area contributed by atoms with E-state index in [1.54, 1.807) is 6.33 Å². The zero-order valence-electron chi connectivity index (χ0n) is 10.2. The number of aryl methyl sites for hydroxylation is 1. The van der Waals surface area contributed by atoms with Gasteiger partial charge in [0, 0.05) is 13.1 Å². The van der Waals surface area contributed by atoms with Crippen LogP contribution in [-0.2, 0) is 13.6 Å². The molecule has 0 aromatic carbocycles. The Balaban J connectivity index is 2.28. The van der Waals surface area contributed by atoms with Gasteiger partial charge in [-0.3, -0.25) is 0 Å². The molecule has 0 saturated heterocycles. The van der Waals surface area contributed by atoms with Crippen LogP contribution in [0.5, 0.6) is 0 Å². The number of hydrogen-bond acceptors (Lipinski definition) is 3. The quantitative estimate of drug-likeness (QED) is 0.777. The van der Waals surface area contributed by atoms with Crippen LogP contribution in [-0.4, -0.2) is 20.8 Å². The number of rotatable bonds is 6. The molecule has 0 spiro atoms. The molecule has 0 amide bonds. The van der Waals surface area contributed by atoms with Crippen LogP contribution < -0.4 is 5.32 Å². The fourth-order valence-corrected chi connectivity index (χ4v) is 1.59. The third-order valence-electron chi connectivity index (χ3n) is 2.87. The van der Waals surface area contributed by atoms with Crippen LogP contribution in [0.4, 0.5) is 0 Å². The van der Waals surface area contributed by atoms with Crippen molar-refractivity contribution in [3.05, 3.63) is 12.2 Å². The standard InChI is InChI=1S/C11H22N4/c1-5-9(2)6-10(3)12-7-11-14-13-8-15(11)4/h8-10,12H,5-7H2,1-4H3. The van der Waals surface area contributed by atoms with E-state index in [4.69, 9.17) is 0 Å². The third-order valence-corrected chi connectivity index (χ3v) is 2.87. The van der Waals surface area contributed by atoms with E-state index < -0.39 is 0 Å².